The first-order valence-corrected chi connectivity index (χ1v) is 7.73. The minimum atomic E-state index is -0.115. The van der Waals surface area contributed by atoms with E-state index in [0.29, 0.717) is 18.3 Å². The molecule has 2 aromatic heterocycles. The average Bonchev–Trinajstić information content (AvgIpc) is 3.03. The van der Waals surface area contributed by atoms with E-state index in [-0.39, 0.29) is 11.1 Å². The van der Waals surface area contributed by atoms with Gasteiger partial charge in [0.25, 0.3) is 5.95 Å². The number of halogens is 1. The van der Waals surface area contributed by atoms with Gasteiger partial charge in [-0.25, -0.2) is 4.68 Å². The van der Waals surface area contributed by atoms with E-state index >= 15 is 0 Å². The molecule has 0 unspecified atom stereocenters. The predicted octanol–water partition coefficient (Wildman–Crippen LogP) is 0.502. The first kappa shape index (κ1) is 15.9. The number of piperazine rings is 1. The van der Waals surface area contributed by atoms with Gasteiger partial charge < -0.3 is 10.2 Å². The molecule has 0 aliphatic carbocycles. The molecule has 1 aliphatic rings. The third-order valence-electron chi connectivity index (χ3n) is 3.62. The third-order valence-corrected chi connectivity index (χ3v) is 3.82. The molecule has 1 saturated heterocycles. The van der Waals surface area contributed by atoms with Crippen molar-refractivity contribution in [2.75, 3.05) is 45.1 Å². The van der Waals surface area contributed by atoms with Crippen LogP contribution in [0.2, 0.25) is 5.15 Å². The highest BCUT2D eigenvalue weighted by Gasteiger charge is 2.17. The van der Waals surface area contributed by atoms with Crippen molar-refractivity contribution in [3.63, 3.8) is 0 Å². The van der Waals surface area contributed by atoms with Gasteiger partial charge in [0.2, 0.25) is 5.91 Å². The zero-order valence-corrected chi connectivity index (χ0v) is 13.6. The lowest BCUT2D eigenvalue weighted by Crippen LogP contribution is -2.47. The van der Waals surface area contributed by atoms with Gasteiger partial charge in [0.05, 0.1) is 6.54 Å². The molecule has 8 nitrogen and oxygen atoms in total. The van der Waals surface area contributed by atoms with Gasteiger partial charge in [-0.05, 0) is 13.1 Å². The van der Waals surface area contributed by atoms with Crippen LogP contribution in [0.1, 0.15) is 0 Å². The SMILES string of the molecule is CN1CCN(CC(=O)Nc2cc(Cl)nc(-n3cccn3)n2)CC1. The molecule has 1 N–H and O–H groups in total. The highest BCUT2D eigenvalue weighted by Crippen LogP contribution is 2.13. The van der Waals surface area contributed by atoms with Crippen molar-refractivity contribution in [1.82, 2.24) is 29.5 Å². The minimum Gasteiger partial charge on any atom is -0.309 e. The molecule has 0 bridgehead atoms. The summed E-state index contributed by atoms with van der Waals surface area (Å²) in [5, 5.41) is 7.08. The van der Waals surface area contributed by atoms with Gasteiger partial charge in [0, 0.05) is 44.6 Å². The van der Waals surface area contributed by atoms with E-state index in [2.05, 4.69) is 37.2 Å². The number of hydrogen-bond donors (Lipinski definition) is 1. The number of likely N-dealkylation sites (N-methyl/N-ethyl adjacent to an activating group) is 1. The maximum absolute atomic E-state index is 12.2. The molecule has 122 valence electrons. The molecule has 23 heavy (non-hydrogen) atoms. The summed E-state index contributed by atoms with van der Waals surface area (Å²) < 4.78 is 1.49. The molecule has 3 heterocycles. The van der Waals surface area contributed by atoms with Crippen LogP contribution in [-0.2, 0) is 4.79 Å². The zero-order valence-electron chi connectivity index (χ0n) is 12.8. The fourth-order valence-corrected chi connectivity index (χ4v) is 2.53. The van der Waals surface area contributed by atoms with Crippen molar-refractivity contribution >= 4 is 23.3 Å². The Balaban J connectivity index is 1.64. The monoisotopic (exact) mass is 335 g/mol. The number of carbonyl (C=O) groups excluding carboxylic acids is 1. The topological polar surface area (TPSA) is 79.2 Å². The molecule has 0 saturated carbocycles. The van der Waals surface area contributed by atoms with Crippen molar-refractivity contribution in [2.45, 2.75) is 0 Å². The second-order valence-electron chi connectivity index (χ2n) is 5.45. The first-order chi connectivity index (χ1) is 11.1. The van der Waals surface area contributed by atoms with E-state index in [0.717, 1.165) is 26.2 Å². The number of carbonyl (C=O) groups is 1. The fourth-order valence-electron chi connectivity index (χ4n) is 2.35. The lowest BCUT2D eigenvalue weighted by atomic mass is 10.3. The summed E-state index contributed by atoms with van der Waals surface area (Å²) in [6, 6.07) is 3.28. The molecule has 3 rings (SSSR count). The highest BCUT2D eigenvalue weighted by atomic mass is 35.5. The quantitative estimate of drug-likeness (QED) is 0.820. The molecule has 0 aromatic carbocycles. The largest absolute Gasteiger partial charge is 0.309 e. The number of anilines is 1. The number of hydrogen-bond acceptors (Lipinski definition) is 6. The van der Waals surface area contributed by atoms with Crippen LogP contribution < -0.4 is 5.32 Å². The van der Waals surface area contributed by atoms with E-state index in [1.807, 2.05) is 0 Å². The Kier molecular flexibility index (Phi) is 4.85. The molecular weight excluding hydrogens is 318 g/mol. The standard InChI is InChI=1S/C14H18ClN7O/c1-20-5-7-21(8-6-20)10-13(23)18-12-9-11(15)17-14(19-12)22-4-2-3-16-22/h2-4,9H,5-8,10H2,1H3,(H,17,18,19,23). The number of nitrogens with zero attached hydrogens (tertiary/aromatic N) is 6. The summed E-state index contributed by atoms with van der Waals surface area (Å²) in [6.45, 7) is 4.04. The Bertz CT molecular complexity index is 668. The maximum atomic E-state index is 12.2. The molecule has 0 spiro atoms. The van der Waals surface area contributed by atoms with Gasteiger partial charge in [-0.15, -0.1) is 0 Å². The first-order valence-electron chi connectivity index (χ1n) is 7.35. The molecule has 2 aromatic rings. The Morgan fingerprint density at radius 2 is 2.09 bits per heavy atom. The van der Waals surface area contributed by atoms with Crippen LogP contribution in [0.15, 0.2) is 24.5 Å². The van der Waals surface area contributed by atoms with Gasteiger partial charge >= 0.3 is 0 Å². The average molecular weight is 336 g/mol. The molecule has 1 fully saturated rings. The van der Waals surface area contributed by atoms with Crippen LogP contribution in [0.3, 0.4) is 0 Å². The predicted molar refractivity (Wildman–Crippen MR) is 86.7 cm³/mol. The summed E-state index contributed by atoms with van der Waals surface area (Å²) >= 11 is 6.00. The Labute approximate surface area is 139 Å². The van der Waals surface area contributed by atoms with Gasteiger partial charge in [-0.3, -0.25) is 9.69 Å². The van der Waals surface area contributed by atoms with Crippen LogP contribution in [0.5, 0.6) is 0 Å². The van der Waals surface area contributed by atoms with Gasteiger partial charge in [-0.2, -0.15) is 15.1 Å². The summed E-state index contributed by atoms with van der Waals surface area (Å²) in [7, 11) is 2.08. The van der Waals surface area contributed by atoms with Crippen molar-refractivity contribution in [2.24, 2.45) is 0 Å². The van der Waals surface area contributed by atoms with E-state index in [1.165, 1.54) is 10.7 Å². The van der Waals surface area contributed by atoms with Crippen LogP contribution >= 0.6 is 11.6 Å². The summed E-state index contributed by atoms with van der Waals surface area (Å²) in [5.74, 6) is 0.572. The third kappa shape index (κ3) is 4.25. The van der Waals surface area contributed by atoms with E-state index in [1.54, 1.807) is 18.5 Å². The Morgan fingerprint density at radius 1 is 1.30 bits per heavy atom. The fraction of sp³-hybridized carbons (Fsp3) is 0.429. The van der Waals surface area contributed by atoms with Crippen LogP contribution in [0, 0.1) is 0 Å². The van der Waals surface area contributed by atoms with Crippen molar-refractivity contribution in [3.8, 4) is 5.95 Å². The van der Waals surface area contributed by atoms with Crippen LogP contribution in [0.25, 0.3) is 5.95 Å². The number of aromatic nitrogens is 4. The molecule has 9 heteroatoms. The van der Waals surface area contributed by atoms with Gasteiger partial charge in [0.1, 0.15) is 11.0 Å². The molecular formula is C14H18ClN7O. The lowest BCUT2D eigenvalue weighted by molar-refractivity contribution is -0.117. The van der Waals surface area contributed by atoms with Gasteiger partial charge in [0.15, 0.2) is 0 Å². The molecule has 0 radical (unpaired) electrons. The number of rotatable bonds is 4. The second kappa shape index (κ2) is 7.03. The van der Waals surface area contributed by atoms with Crippen molar-refractivity contribution in [1.29, 1.82) is 0 Å². The molecule has 0 atom stereocenters. The zero-order chi connectivity index (χ0) is 16.2. The smallest absolute Gasteiger partial charge is 0.253 e. The number of nitrogens with one attached hydrogen (secondary N) is 1. The summed E-state index contributed by atoms with van der Waals surface area (Å²) in [4.78, 5) is 24.9. The second-order valence-corrected chi connectivity index (χ2v) is 5.84. The van der Waals surface area contributed by atoms with E-state index in [9.17, 15) is 4.79 Å². The van der Waals surface area contributed by atoms with Crippen LogP contribution in [-0.4, -0.2) is 75.2 Å². The summed E-state index contributed by atoms with van der Waals surface area (Å²) in [6.07, 6.45) is 3.33. The maximum Gasteiger partial charge on any atom is 0.253 e. The van der Waals surface area contributed by atoms with Crippen molar-refractivity contribution < 1.29 is 4.79 Å². The van der Waals surface area contributed by atoms with Crippen molar-refractivity contribution in [3.05, 3.63) is 29.7 Å². The minimum absolute atomic E-state index is 0.115. The molecule has 1 aliphatic heterocycles. The van der Waals surface area contributed by atoms with E-state index in [4.69, 9.17) is 11.6 Å². The molecule has 1 amide bonds. The normalized spacial score (nSPS) is 16.4. The Hall–Kier alpha value is -2.03. The van der Waals surface area contributed by atoms with E-state index < -0.39 is 0 Å². The summed E-state index contributed by atoms with van der Waals surface area (Å²) in [5.41, 5.74) is 0. The Morgan fingerprint density at radius 3 is 2.78 bits per heavy atom. The number of amides is 1. The lowest BCUT2D eigenvalue weighted by Gasteiger charge is -2.31. The highest BCUT2D eigenvalue weighted by molar-refractivity contribution is 6.29. The van der Waals surface area contributed by atoms with Gasteiger partial charge in [-0.1, -0.05) is 11.6 Å². The van der Waals surface area contributed by atoms with Crippen LogP contribution in [0.4, 0.5) is 5.82 Å².